The molecule has 2 heterocycles. The zero-order valence-electron chi connectivity index (χ0n) is 16.7. The number of para-hydroxylation sites is 1. The van der Waals surface area contributed by atoms with Crippen molar-refractivity contribution in [1.29, 1.82) is 0 Å². The van der Waals surface area contributed by atoms with Crippen LogP contribution in [0.2, 0.25) is 0 Å². The summed E-state index contributed by atoms with van der Waals surface area (Å²) in [6.07, 6.45) is 2.88. The summed E-state index contributed by atoms with van der Waals surface area (Å²) in [5, 5.41) is 3.84. The van der Waals surface area contributed by atoms with Gasteiger partial charge in [0.25, 0.3) is 5.91 Å². The molecule has 31 heavy (non-hydrogen) atoms. The van der Waals surface area contributed by atoms with Crippen molar-refractivity contribution in [3.05, 3.63) is 65.9 Å². The van der Waals surface area contributed by atoms with Crippen LogP contribution in [0, 0.1) is 0 Å². The number of amides is 3. The predicted molar refractivity (Wildman–Crippen MR) is 113 cm³/mol. The SMILES string of the molecule is O=C(COC(=O)c1cccc(N2C(=O)CCC2=O)c1)NCCc1c[nH]c2ccccc12. The smallest absolute Gasteiger partial charge is 0.338 e. The van der Waals surface area contributed by atoms with E-state index in [4.69, 9.17) is 4.74 Å². The van der Waals surface area contributed by atoms with Gasteiger partial charge in [0, 0.05) is 36.5 Å². The number of anilines is 1. The average Bonchev–Trinajstić information content (AvgIpc) is 3.35. The van der Waals surface area contributed by atoms with Gasteiger partial charge in [-0.05, 0) is 36.2 Å². The van der Waals surface area contributed by atoms with Crippen molar-refractivity contribution in [3.63, 3.8) is 0 Å². The van der Waals surface area contributed by atoms with Gasteiger partial charge in [-0.1, -0.05) is 24.3 Å². The van der Waals surface area contributed by atoms with Gasteiger partial charge in [-0.25, -0.2) is 4.79 Å². The van der Waals surface area contributed by atoms with Crippen LogP contribution in [-0.2, 0) is 25.5 Å². The Morgan fingerprint density at radius 2 is 1.81 bits per heavy atom. The first-order valence-corrected chi connectivity index (χ1v) is 9.97. The number of hydrogen-bond acceptors (Lipinski definition) is 5. The van der Waals surface area contributed by atoms with E-state index in [9.17, 15) is 19.2 Å². The molecule has 1 fully saturated rings. The number of imide groups is 1. The van der Waals surface area contributed by atoms with Crippen LogP contribution in [0.25, 0.3) is 10.9 Å². The third kappa shape index (κ3) is 4.48. The van der Waals surface area contributed by atoms with Crippen LogP contribution in [0.15, 0.2) is 54.7 Å². The van der Waals surface area contributed by atoms with E-state index in [-0.39, 0.29) is 30.2 Å². The minimum Gasteiger partial charge on any atom is -0.452 e. The Morgan fingerprint density at radius 1 is 1.03 bits per heavy atom. The van der Waals surface area contributed by atoms with Crippen LogP contribution < -0.4 is 10.2 Å². The zero-order chi connectivity index (χ0) is 21.8. The van der Waals surface area contributed by atoms with E-state index in [2.05, 4.69) is 10.3 Å². The minimum atomic E-state index is -0.701. The molecule has 3 aromatic rings. The van der Waals surface area contributed by atoms with Crippen LogP contribution in [0.5, 0.6) is 0 Å². The largest absolute Gasteiger partial charge is 0.452 e. The summed E-state index contributed by atoms with van der Waals surface area (Å²) in [6, 6.07) is 14.0. The number of benzene rings is 2. The highest BCUT2D eigenvalue weighted by atomic mass is 16.5. The molecule has 0 radical (unpaired) electrons. The maximum absolute atomic E-state index is 12.3. The van der Waals surface area contributed by atoms with Crippen molar-refractivity contribution >= 4 is 40.3 Å². The Labute approximate surface area is 178 Å². The number of carbonyl (C=O) groups excluding carboxylic acids is 4. The lowest BCUT2D eigenvalue weighted by molar-refractivity contribution is -0.124. The Bertz CT molecular complexity index is 1150. The van der Waals surface area contributed by atoms with Crippen LogP contribution in [0.4, 0.5) is 5.69 Å². The first kappa shape index (κ1) is 20.3. The van der Waals surface area contributed by atoms with Gasteiger partial charge in [-0.2, -0.15) is 0 Å². The number of esters is 1. The fraction of sp³-hybridized carbons (Fsp3) is 0.217. The van der Waals surface area contributed by atoms with Gasteiger partial charge in [0.2, 0.25) is 11.8 Å². The minimum absolute atomic E-state index is 0.159. The molecule has 8 heteroatoms. The van der Waals surface area contributed by atoms with Gasteiger partial charge in [-0.15, -0.1) is 0 Å². The normalized spacial score (nSPS) is 13.6. The topological polar surface area (TPSA) is 109 Å². The number of rotatable bonds is 7. The Hall–Kier alpha value is -3.94. The van der Waals surface area contributed by atoms with E-state index in [1.54, 1.807) is 12.1 Å². The number of aromatic amines is 1. The van der Waals surface area contributed by atoms with Crippen molar-refractivity contribution < 1.29 is 23.9 Å². The fourth-order valence-corrected chi connectivity index (χ4v) is 3.58. The van der Waals surface area contributed by atoms with Crippen LogP contribution in [-0.4, -0.2) is 41.8 Å². The second kappa shape index (κ2) is 8.83. The van der Waals surface area contributed by atoms with E-state index in [0.717, 1.165) is 21.4 Å². The number of hydrogen-bond donors (Lipinski definition) is 2. The molecule has 0 spiro atoms. The Kier molecular flexibility index (Phi) is 5.79. The van der Waals surface area contributed by atoms with Gasteiger partial charge in [-0.3, -0.25) is 19.3 Å². The number of aromatic nitrogens is 1. The number of H-pyrrole nitrogens is 1. The molecule has 0 unspecified atom stereocenters. The highest BCUT2D eigenvalue weighted by Gasteiger charge is 2.30. The lowest BCUT2D eigenvalue weighted by Gasteiger charge is -2.14. The predicted octanol–water partition coefficient (Wildman–Crippen LogP) is 2.34. The third-order valence-electron chi connectivity index (χ3n) is 5.12. The van der Waals surface area contributed by atoms with E-state index in [1.165, 1.54) is 12.1 Å². The summed E-state index contributed by atoms with van der Waals surface area (Å²) in [5.41, 5.74) is 2.62. The quantitative estimate of drug-likeness (QED) is 0.451. The molecule has 8 nitrogen and oxygen atoms in total. The van der Waals surface area contributed by atoms with Crippen LogP contribution in [0.3, 0.4) is 0 Å². The number of fused-ring (bicyclic) bond motifs is 1. The van der Waals surface area contributed by atoms with Crippen molar-refractivity contribution in [1.82, 2.24) is 10.3 Å². The summed E-state index contributed by atoms with van der Waals surface area (Å²) in [7, 11) is 0. The molecule has 0 aliphatic carbocycles. The van der Waals surface area contributed by atoms with Crippen LogP contribution in [0.1, 0.15) is 28.8 Å². The summed E-state index contributed by atoms with van der Waals surface area (Å²) < 4.78 is 5.07. The average molecular weight is 419 g/mol. The molecule has 1 aliphatic rings. The number of ether oxygens (including phenoxy) is 1. The summed E-state index contributed by atoms with van der Waals surface area (Å²) >= 11 is 0. The molecule has 1 saturated heterocycles. The second-order valence-electron chi connectivity index (χ2n) is 7.21. The Balaban J connectivity index is 1.27. The number of nitrogens with zero attached hydrogens (tertiary/aromatic N) is 1. The summed E-state index contributed by atoms with van der Waals surface area (Å²) in [6.45, 7) is -0.00851. The van der Waals surface area contributed by atoms with Gasteiger partial charge in [0.1, 0.15) is 0 Å². The van der Waals surface area contributed by atoms with Crippen molar-refractivity contribution in [2.45, 2.75) is 19.3 Å². The molecule has 0 bridgehead atoms. The van der Waals surface area contributed by atoms with Crippen molar-refractivity contribution in [2.24, 2.45) is 0 Å². The molecular weight excluding hydrogens is 398 g/mol. The van der Waals surface area contributed by atoms with Crippen LogP contribution >= 0.6 is 0 Å². The maximum atomic E-state index is 12.3. The van der Waals surface area contributed by atoms with E-state index in [0.29, 0.717) is 18.7 Å². The monoisotopic (exact) mass is 419 g/mol. The zero-order valence-corrected chi connectivity index (χ0v) is 16.7. The maximum Gasteiger partial charge on any atom is 0.338 e. The lowest BCUT2D eigenvalue weighted by Crippen LogP contribution is -2.30. The second-order valence-corrected chi connectivity index (χ2v) is 7.21. The van der Waals surface area contributed by atoms with Gasteiger partial charge < -0.3 is 15.0 Å². The third-order valence-corrected chi connectivity index (χ3v) is 5.12. The van der Waals surface area contributed by atoms with E-state index in [1.807, 2.05) is 30.5 Å². The van der Waals surface area contributed by atoms with E-state index < -0.39 is 18.5 Å². The molecule has 0 atom stereocenters. The Morgan fingerprint density at radius 3 is 2.61 bits per heavy atom. The van der Waals surface area contributed by atoms with Gasteiger partial charge in [0.15, 0.2) is 6.61 Å². The summed E-state index contributed by atoms with van der Waals surface area (Å²) in [4.78, 5) is 52.3. The highest BCUT2D eigenvalue weighted by molar-refractivity contribution is 6.20. The number of carbonyl (C=O) groups is 4. The first-order chi connectivity index (χ1) is 15.0. The molecule has 2 N–H and O–H groups in total. The van der Waals surface area contributed by atoms with Gasteiger partial charge in [0.05, 0.1) is 11.3 Å². The van der Waals surface area contributed by atoms with E-state index >= 15 is 0 Å². The molecule has 3 amide bonds. The molecule has 2 aromatic carbocycles. The molecule has 158 valence electrons. The lowest BCUT2D eigenvalue weighted by atomic mass is 10.1. The van der Waals surface area contributed by atoms with Crippen molar-refractivity contribution in [2.75, 3.05) is 18.1 Å². The molecule has 1 aromatic heterocycles. The number of nitrogens with one attached hydrogen (secondary N) is 2. The molecule has 0 saturated carbocycles. The fourth-order valence-electron chi connectivity index (χ4n) is 3.58. The highest BCUT2D eigenvalue weighted by Crippen LogP contribution is 2.23. The molecular formula is C23H21N3O5. The standard InChI is InChI=1S/C23H21N3O5/c27-20(24-11-10-16-13-25-19-7-2-1-6-18(16)19)14-31-23(30)15-4-3-5-17(12-15)26-21(28)8-9-22(26)29/h1-7,12-13,25H,8-11,14H2,(H,24,27). The van der Waals surface area contributed by atoms with Gasteiger partial charge >= 0.3 is 5.97 Å². The first-order valence-electron chi connectivity index (χ1n) is 9.97. The molecule has 1 aliphatic heterocycles. The van der Waals surface area contributed by atoms with Crippen molar-refractivity contribution in [3.8, 4) is 0 Å². The summed E-state index contributed by atoms with van der Waals surface area (Å²) in [5.74, 6) is -1.71. The molecule has 4 rings (SSSR count).